The number of hydrogen-bond acceptors (Lipinski definition) is 11. The molecule has 0 amide bonds. The molecule has 3 aromatic rings. The maximum Gasteiger partial charge on any atom is 0.239 e. The normalized spacial score (nSPS) is 22.9. The van der Waals surface area contributed by atoms with Gasteiger partial charge in [0.1, 0.15) is 40.8 Å². The average molecular weight is 448 g/mol. The Morgan fingerprint density at radius 3 is 2.38 bits per heavy atom. The largest absolute Gasteiger partial charge is 0.507 e. The van der Waals surface area contributed by atoms with Crippen molar-refractivity contribution in [3.63, 3.8) is 0 Å². The Bertz CT molecular complexity index is 1220. The van der Waals surface area contributed by atoms with Crippen LogP contribution in [0, 0.1) is 0 Å². The number of phenolic OH excluding ortho intramolecular Hbond substituents is 3. The maximum atomic E-state index is 13.3. The third-order valence-electron chi connectivity index (χ3n) is 5.11. The zero-order valence-electron chi connectivity index (χ0n) is 16.6. The zero-order chi connectivity index (χ0) is 23.2. The second-order valence-corrected chi connectivity index (χ2v) is 7.14. The number of methoxy groups -OCH3 is 1. The summed E-state index contributed by atoms with van der Waals surface area (Å²) in [6, 6.07) is 6.17. The van der Waals surface area contributed by atoms with E-state index in [2.05, 4.69) is 0 Å². The molecule has 11 nitrogen and oxygen atoms in total. The van der Waals surface area contributed by atoms with E-state index in [1.54, 1.807) is 0 Å². The number of ether oxygens (including phenoxy) is 3. The van der Waals surface area contributed by atoms with Crippen molar-refractivity contribution >= 4 is 11.0 Å². The van der Waals surface area contributed by atoms with Gasteiger partial charge in [-0.25, -0.2) is 0 Å². The van der Waals surface area contributed by atoms with Gasteiger partial charge in [-0.15, -0.1) is 0 Å². The van der Waals surface area contributed by atoms with Crippen LogP contribution in [0.3, 0.4) is 0 Å². The second kappa shape index (κ2) is 8.20. The molecule has 1 aliphatic heterocycles. The Morgan fingerprint density at radius 1 is 1.00 bits per heavy atom. The maximum absolute atomic E-state index is 13.3. The van der Waals surface area contributed by atoms with Crippen LogP contribution in [0.2, 0.25) is 0 Å². The molecule has 0 saturated carbocycles. The highest BCUT2D eigenvalue weighted by atomic mass is 16.7. The fourth-order valence-corrected chi connectivity index (χ4v) is 3.42. The number of phenols is 3. The van der Waals surface area contributed by atoms with Crippen molar-refractivity contribution in [2.75, 3.05) is 13.7 Å². The highest BCUT2D eigenvalue weighted by molar-refractivity contribution is 5.88. The summed E-state index contributed by atoms with van der Waals surface area (Å²) in [5.41, 5.74) is -0.794. The van der Waals surface area contributed by atoms with Gasteiger partial charge in [-0.3, -0.25) is 4.79 Å². The van der Waals surface area contributed by atoms with E-state index in [1.165, 1.54) is 25.3 Å². The molecule has 1 aromatic heterocycles. The summed E-state index contributed by atoms with van der Waals surface area (Å²) < 4.78 is 21.7. The summed E-state index contributed by atoms with van der Waals surface area (Å²) in [4.78, 5) is 13.3. The van der Waals surface area contributed by atoms with Crippen molar-refractivity contribution in [1.82, 2.24) is 0 Å². The van der Waals surface area contributed by atoms with Gasteiger partial charge >= 0.3 is 0 Å². The monoisotopic (exact) mass is 448 g/mol. The number of hydrogen-bond donors (Lipinski definition) is 6. The summed E-state index contributed by atoms with van der Waals surface area (Å²) in [6.07, 6.45) is -5.78. The van der Waals surface area contributed by atoms with Crippen molar-refractivity contribution in [1.29, 1.82) is 0 Å². The lowest BCUT2D eigenvalue weighted by Gasteiger charge is -2.19. The van der Waals surface area contributed by atoms with Gasteiger partial charge < -0.3 is 49.3 Å². The minimum absolute atomic E-state index is 0.0667. The van der Waals surface area contributed by atoms with Crippen molar-refractivity contribution < 1.29 is 49.3 Å². The van der Waals surface area contributed by atoms with Gasteiger partial charge in [-0.2, -0.15) is 0 Å². The lowest BCUT2D eigenvalue weighted by Crippen LogP contribution is -2.36. The number of aliphatic hydroxyl groups is 3. The minimum Gasteiger partial charge on any atom is -0.507 e. The van der Waals surface area contributed by atoms with Gasteiger partial charge in [-0.05, 0) is 18.2 Å². The predicted molar refractivity (Wildman–Crippen MR) is 108 cm³/mol. The van der Waals surface area contributed by atoms with Crippen molar-refractivity contribution in [3.05, 3.63) is 40.6 Å². The third-order valence-corrected chi connectivity index (χ3v) is 5.11. The molecule has 0 radical (unpaired) electrons. The van der Waals surface area contributed by atoms with Gasteiger partial charge in [0.2, 0.25) is 17.5 Å². The lowest BCUT2D eigenvalue weighted by atomic mass is 10.1. The van der Waals surface area contributed by atoms with Crippen LogP contribution in [0.25, 0.3) is 22.3 Å². The summed E-state index contributed by atoms with van der Waals surface area (Å²) in [6.45, 7) is -0.607. The molecule has 1 aliphatic rings. The molecule has 4 rings (SSSR count). The van der Waals surface area contributed by atoms with E-state index in [0.29, 0.717) is 0 Å². The molecule has 1 saturated heterocycles. The van der Waals surface area contributed by atoms with Gasteiger partial charge in [0.25, 0.3) is 0 Å². The van der Waals surface area contributed by atoms with Crippen LogP contribution in [0.5, 0.6) is 28.7 Å². The van der Waals surface area contributed by atoms with E-state index in [4.69, 9.17) is 18.6 Å². The van der Waals surface area contributed by atoms with Gasteiger partial charge in [-0.1, -0.05) is 0 Å². The number of aromatic hydroxyl groups is 3. The molecule has 1 fully saturated rings. The fraction of sp³-hybridized carbons (Fsp3) is 0.286. The molecule has 170 valence electrons. The molecular weight excluding hydrogens is 428 g/mol. The Morgan fingerprint density at radius 2 is 1.75 bits per heavy atom. The molecule has 0 unspecified atom stereocenters. The van der Waals surface area contributed by atoms with Crippen molar-refractivity contribution in [2.45, 2.75) is 24.6 Å². The fourth-order valence-electron chi connectivity index (χ4n) is 3.42. The van der Waals surface area contributed by atoms with E-state index in [-0.39, 0.29) is 28.0 Å². The van der Waals surface area contributed by atoms with Crippen LogP contribution in [-0.2, 0) is 4.74 Å². The number of fused-ring (bicyclic) bond motifs is 1. The van der Waals surface area contributed by atoms with Crippen molar-refractivity contribution in [2.24, 2.45) is 0 Å². The summed E-state index contributed by atoms with van der Waals surface area (Å²) >= 11 is 0. The number of benzene rings is 2. The molecular formula is C21H20O11. The Hall–Kier alpha value is -3.51. The van der Waals surface area contributed by atoms with Crippen LogP contribution < -0.4 is 14.9 Å². The quantitative estimate of drug-likeness (QED) is 0.298. The SMILES string of the molecule is COc1cc(O)c2c(=O)c(O[C@H]3O[C@@H](CO)[C@H](O)[C@H]3O)c(-c3ccc(O)c(O)c3)oc2c1. The summed E-state index contributed by atoms with van der Waals surface area (Å²) in [5.74, 6) is -1.89. The third kappa shape index (κ3) is 3.56. The Labute approximate surface area is 179 Å². The Kier molecular flexibility index (Phi) is 5.57. The second-order valence-electron chi connectivity index (χ2n) is 7.14. The van der Waals surface area contributed by atoms with Gasteiger partial charge in [0, 0.05) is 17.7 Å². The minimum atomic E-state index is -1.60. The predicted octanol–water partition coefficient (Wildman–Crippen LogP) is 0.403. The molecule has 0 bridgehead atoms. The topological polar surface area (TPSA) is 179 Å². The van der Waals surface area contributed by atoms with Crippen LogP contribution in [-0.4, -0.2) is 69.0 Å². The summed E-state index contributed by atoms with van der Waals surface area (Å²) in [5, 5.41) is 59.1. The van der Waals surface area contributed by atoms with Crippen LogP contribution in [0.4, 0.5) is 0 Å². The molecule has 2 heterocycles. The zero-order valence-corrected chi connectivity index (χ0v) is 16.6. The van der Waals surface area contributed by atoms with E-state index in [9.17, 15) is 35.4 Å². The van der Waals surface area contributed by atoms with Gasteiger partial charge in [0.05, 0.1) is 13.7 Å². The lowest BCUT2D eigenvalue weighted by molar-refractivity contribution is -0.117. The van der Waals surface area contributed by atoms with E-state index < -0.39 is 59.6 Å². The molecule has 6 N–H and O–H groups in total. The first-order valence-electron chi connectivity index (χ1n) is 9.44. The molecule has 0 spiro atoms. The first-order chi connectivity index (χ1) is 15.2. The average Bonchev–Trinajstić information content (AvgIpc) is 3.04. The molecule has 11 heteroatoms. The van der Waals surface area contributed by atoms with Crippen LogP contribution >= 0.6 is 0 Å². The van der Waals surface area contributed by atoms with E-state index >= 15 is 0 Å². The summed E-state index contributed by atoms with van der Waals surface area (Å²) in [7, 11) is 1.36. The highest BCUT2D eigenvalue weighted by Gasteiger charge is 2.44. The number of rotatable bonds is 5. The standard InChI is InChI=1S/C21H20O11/c1-29-9-5-12(25)15-13(6-9)30-19(8-2-3-10(23)11(24)4-8)20(17(15)27)32-21-18(28)16(26)14(7-22)31-21/h2-6,14,16,18,21-26,28H,7H2,1H3/t14-,16-,18+,21+/m0/s1. The van der Waals surface area contributed by atoms with Gasteiger partial charge in [0.15, 0.2) is 17.3 Å². The highest BCUT2D eigenvalue weighted by Crippen LogP contribution is 2.39. The molecule has 2 aromatic carbocycles. The van der Waals surface area contributed by atoms with E-state index in [0.717, 1.165) is 12.1 Å². The first-order valence-corrected chi connectivity index (χ1v) is 9.44. The molecule has 4 atom stereocenters. The van der Waals surface area contributed by atoms with Crippen molar-refractivity contribution in [3.8, 4) is 40.1 Å². The van der Waals surface area contributed by atoms with Crippen LogP contribution in [0.1, 0.15) is 0 Å². The molecule has 0 aliphatic carbocycles. The smallest absolute Gasteiger partial charge is 0.239 e. The van der Waals surface area contributed by atoms with E-state index in [1.807, 2.05) is 0 Å². The number of aliphatic hydroxyl groups excluding tert-OH is 3. The Balaban J connectivity index is 1.93. The van der Waals surface area contributed by atoms with Crippen LogP contribution in [0.15, 0.2) is 39.5 Å². The molecule has 32 heavy (non-hydrogen) atoms. The first kappa shape index (κ1) is 21.7.